The number of nitrogens with one attached hydrogen (secondary N) is 1. The van der Waals surface area contributed by atoms with Crippen LogP contribution in [-0.2, 0) is 16.6 Å². The van der Waals surface area contributed by atoms with Gasteiger partial charge in [0.2, 0.25) is 0 Å². The maximum atomic E-state index is 12.6. The fraction of sp³-hybridized carbons (Fsp3) is 0.227. The van der Waals surface area contributed by atoms with Crippen molar-refractivity contribution in [2.24, 2.45) is 7.05 Å². The lowest BCUT2D eigenvalue weighted by Crippen LogP contribution is -2.33. The van der Waals surface area contributed by atoms with Gasteiger partial charge in [0.05, 0.1) is 28.8 Å². The van der Waals surface area contributed by atoms with Crippen molar-refractivity contribution in [2.75, 3.05) is 6.61 Å². The summed E-state index contributed by atoms with van der Waals surface area (Å²) in [7, 11) is 1.69. The predicted molar refractivity (Wildman–Crippen MR) is 114 cm³/mol. The lowest BCUT2D eigenvalue weighted by Gasteiger charge is -2.19. The van der Waals surface area contributed by atoms with E-state index in [0.717, 1.165) is 22.3 Å². The van der Waals surface area contributed by atoms with Crippen LogP contribution in [0.4, 0.5) is 4.79 Å². The molecule has 1 aromatic heterocycles. The third kappa shape index (κ3) is 3.82. The minimum absolute atomic E-state index is 0.0653. The average Bonchev–Trinajstić information content (AvgIpc) is 3.22. The minimum Gasteiger partial charge on any atom is -0.481 e. The topological polar surface area (TPSA) is 93.5 Å². The average molecular weight is 470 g/mol. The summed E-state index contributed by atoms with van der Waals surface area (Å²) in [5.74, 6) is -1.10. The maximum absolute atomic E-state index is 12.6. The summed E-state index contributed by atoms with van der Waals surface area (Å²) in [5, 5.41) is 16.0. The standard InChI is InChI=1S/C22H20BrN3O4/c1-26-21(18(23)11-24-26)19(10-20(27)28)25-22(29)30-12-17-15-8-4-2-6-13(15)14-7-3-5-9-16(14)17/h2-9,11,17,19H,10,12H2,1H3,(H,25,29)(H,27,28)/t19-/m1/s1. The zero-order chi connectivity index (χ0) is 21.3. The molecule has 0 saturated heterocycles. The maximum Gasteiger partial charge on any atom is 0.407 e. The van der Waals surface area contributed by atoms with Gasteiger partial charge in [-0.1, -0.05) is 48.5 Å². The van der Waals surface area contributed by atoms with E-state index >= 15 is 0 Å². The molecule has 4 rings (SSSR count). The van der Waals surface area contributed by atoms with E-state index in [0.29, 0.717) is 10.2 Å². The van der Waals surface area contributed by atoms with E-state index in [9.17, 15) is 14.7 Å². The highest BCUT2D eigenvalue weighted by Gasteiger charge is 2.30. The van der Waals surface area contributed by atoms with Gasteiger partial charge >= 0.3 is 12.1 Å². The molecule has 0 unspecified atom stereocenters. The van der Waals surface area contributed by atoms with Crippen LogP contribution in [0.2, 0.25) is 0 Å². The molecule has 2 N–H and O–H groups in total. The van der Waals surface area contributed by atoms with E-state index in [1.165, 1.54) is 4.68 Å². The van der Waals surface area contributed by atoms with Crippen LogP contribution in [0, 0.1) is 0 Å². The number of halogens is 1. The van der Waals surface area contributed by atoms with Gasteiger partial charge in [-0.15, -0.1) is 0 Å². The van der Waals surface area contributed by atoms with E-state index in [-0.39, 0.29) is 18.9 Å². The molecule has 1 aliphatic rings. The number of carbonyl (C=O) groups is 2. The lowest BCUT2D eigenvalue weighted by atomic mass is 9.98. The Labute approximate surface area is 181 Å². The SMILES string of the molecule is Cn1ncc(Br)c1[C@@H](CC(=O)O)NC(=O)OCC1c2ccccc2-c2ccccc21. The Morgan fingerprint density at radius 2 is 1.77 bits per heavy atom. The fourth-order valence-electron chi connectivity index (χ4n) is 3.99. The van der Waals surface area contributed by atoms with E-state index < -0.39 is 18.1 Å². The van der Waals surface area contributed by atoms with Gasteiger partial charge in [-0.2, -0.15) is 5.10 Å². The number of aromatic nitrogens is 2. The summed E-state index contributed by atoms with van der Waals surface area (Å²) >= 11 is 3.36. The summed E-state index contributed by atoms with van der Waals surface area (Å²) in [6.07, 6.45) is 0.600. The van der Waals surface area contributed by atoms with Gasteiger partial charge in [-0.25, -0.2) is 4.79 Å². The summed E-state index contributed by atoms with van der Waals surface area (Å²) in [6.45, 7) is 0.159. The largest absolute Gasteiger partial charge is 0.481 e. The molecule has 0 bridgehead atoms. The molecule has 1 amide bonds. The van der Waals surface area contributed by atoms with Crippen LogP contribution in [-0.4, -0.2) is 33.6 Å². The quantitative estimate of drug-likeness (QED) is 0.562. The number of benzene rings is 2. The number of carbonyl (C=O) groups excluding carboxylic acids is 1. The predicted octanol–water partition coefficient (Wildman–Crippen LogP) is 4.24. The number of ether oxygens (including phenoxy) is 1. The number of aryl methyl sites for hydroxylation is 1. The number of amides is 1. The molecule has 2 aromatic carbocycles. The van der Waals surface area contributed by atoms with Crippen LogP contribution in [0.5, 0.6) is 0 Å². The van der Waals surface area contributed by atoms with E-state index in [4.69, 9.17) is 4.74 Å². The number of alkyl carbamates (subject to hydrolysis) is 1. The molecular formula is C22H20BrN3O4. The Morgan fingerprint density at radius 1 is 1.17 bits per heavy atom. The Balaban J connectivity index is 1.50. The number of rotatable bonds is 6. The van der Waals surface area contributed by atoms with Gasteiger partial charge in [0.1, 0.15) is 6.61 Å². The number of carboxylic acid groups (broad SMARTS) is 1. The monoisotopic (exact) mass is 469 g/mol. The molecule has 7 nitrogen and oxygen atoms in total. The van der Waals surface area contributed by atoms with Gasteiger partial charge < -0.3 is 15.2 Å². The second kappa shape index (κ2) is 8.31. The Kier molecular flexibility index (Phi) is 5.59. The zero-order valence-electron chi connectivity index (χ0n) is 16.2. The van der Waals surface area contributed by atoms with Crippen molar-refractivity contribution in [3.05, 3.63) is 76.0 Å². The van der Waals surface area contributed by atoms with Crippen molar-refractivity contribution in [1.29, 1.82) is 0 Å². The molecule has 1 heterocycles. The number of fused-ring (bicyclic) bond motifs is 3. The first-order valence-corrected chi connectivity index (χ1v) is 10.3. The van der Waals surface area contributed by atoms with Gasteiger partial charge in [0.25, 0.3) is 0 Å². The molecular weight excluding hydrogens is 450 g/mol. The molecule has 154 valence electrons. The van der Waals surface area contributed by atoms with Crippen molar-refractivity contribution in [2.45, 2.75) is 18.4 Å². The highest BCUT2D eigenvalue weighted by Crippen LogP contribution is 2.44. The zero-order valence-corrected chi connectivity index (χ0v) is 17.8. The molecule has 0 fully saturated rings. The van der Waals surface area contributed by atoms with Crippen molar-refractivity contribution >= 4 is 28.0 Å². The molecule has 8 heteroatoms. The molecule has 1 aliphatic carbocycles. The summed E-state index contributed by atoms with van der Waals surface area (Å²) in [5.41, 5.74) is 5.08. The number of hydrogen-bond acceptors (Lipinski definition) is 4. The Morgan fingerprint density at radius 3 is 2.30 bits per heavy atom. The third-order valence-electron chi connectivity index (χ3n) is 5.28. The second-order valence-electron chi connectivity index (χ2n) is 7.12. The normalized spacial score (nSPS) is 13.4. The Hall–Kier alpha value is -3.13. The number of nitrogens with zero attached hydrogens (tertiary/aromatic N) is 2. The summed E-state index contributed by atoms with van der Waals surface area (Å²) in [4.78, 5) is 23.9. The first-order chi connectivity index (χ1) is 14.5. The molecule has 0 saturated carbocycles. The van der Waals surface area contributed by atoms with Gasteiger partial charge in [0, 0.05) is 13.0 Å². The van der Waals surface area contributed by atoms with Crippen LogP contribution < -0.4 is 5.32 Å². The highest BCUT2D eigenvalue weighted by molar-refractivity contribution is 9.10. The van der Waals surface area contributed by atoms with E-state index in [2.05, 4.69) is 38.5 Å². The van der Waals surface area contributed by atoms with Crippen molar-refractivity contribution in [3.8, 4) is 11.1 Å². The minimum atomic E-state index is -1.04. The third-order valence-corrected chi connectivity index (χ3v) is 5.89. The summed E-state index contributed by atoms with van der Waals surface area (Å²) < 4.78 is 7.69. The van der Waals surface area contributed by atoms with Crippen LogP contribution in [0.3, 0.4) is 0 Å². The smallest absolute Gasteiger partial charge is 0.407 e. The second-order valence-corrected chi connectivity index (χ2v) is 7.98. The number of hydrogen-bond donors (Lipinski definition) is 2. The fourth-order valence-corrected chi connectivity index (χ4v) is 4.61. The lowest BCUT2D eigenvalue weighted by molar-refractivity contribution is -0.137. The molecule has 0 aliphatic heterocycles. The van der Waals surface area contributed by atoms with Crippen LogP contribution in [0.1, 0.15) is 35.2 Å². The molecule has 3 aromatic rings. The molecule has 0 spiro atoms. The van der Waals surface area contributed by atoms with E-state index in [1.54, 1.807) is 13.2 Å². The number of carboxylic acids is 1. The summed E-state index contributed by atoms with van der Waals surface area (Å²) in [6, 6.07) is 15.4. The highest BCUT2D eigenvalue weighted by atomic mass is 79.9. The first-order valence-electron chi connectivity index (χ1n) is 9.46. The van der Waals surface area contributed by atoms with Crippen LogP contribution in [0.15, 0.2) is 59.2 Å². The van der Waals surface area contributed by atoms with Crippen molar-refractivity contribution in [3.63, 3.8) is 0 Å². The molecule has 0 radical (unpaired) electrons. The van der Waals surface area contributed by atoms with Gasteiger partial charge in [-0.3, -0.25) is 9.48 Å². The van der Waals surface area contributed by atoms with Crippen LogP contribution in [0.25, 0.3) is 11.1 Å². The first kappa shape index (κ1) is 20.2. The van der Waals surface area contributed by atoms with Crippen molar-refractivity contribution in [1.82, 2.24) is 15.1 Å². The van der Waals surface area contributed by atoms with Gasteiger partial charge in [0.15, 0.2) is 0 Å². The Bertz CT molecular complexity index is 1050. The molecule has 30 heavy (non-hydrogen) atoms. The van der Waals surface area contributed by atoms with E-state index in [1.807, 2.05) is 36.4 Å². The van der Waals surface area contributed by atoms with Gasteiger partial charge in [-0.05, 0) is 38.2 Å². The van der Waals surface area contributed by atoms with Crippen molar-refractivity contribution < 1.29 is 19.4 Å². The molecule has 1 atom stereocenters. The van der Waals surface area contributed by atoms with Crippen LogP contribution >= 0.6 is 15.9 Å². The number of aliphatic carboxylic acids is 1.